The quantitative estimate of drug-likeness (QED) is 0.591. The molecular weight excluding hydrogens is 306 g/mol. The molecule has 0 unspecified atom stereocenters. The molecule has 2 heterocycles. The lowest BCUT2D eigenvalue weighted by Gasteiger charge is -2.09. The third kappa shape index (κ3) is 2.22. The van der Waals surface area contributed by atoms with Gasteiger partial charge in [0.1, 0.15) is 16.9 Å². The highest BCUT2D eigenvalue weighted by Gasteiger charge is 2.17. The van der Waals surface area contributed by atoms with Crippen LogP contribution in [0.1, 0.15) is 16.1 Å². The van der Waals surface area contributed by atoms with Crippen LogP contribution in [0.15, 0.2) is 57.6 Å². The highest BCUT2D eigenvalue weighted by atomic mass is 16.5. The average Bonchev–Trinajstić information content (AvgIpc) is 3.17. The molecule has 24 heavy (non-hydrogen) atoms. The summed E-state index contributed by atoms with van der Waals surface area (Å²) in [6.45, 7) is 1.82. The number of amides is 1. The van der Waals surface area contributed by atoms with E-state index in [0.29, 0.717) is 17.0 Å². The van der Waals surface area contributed by atoms with Crippen LogP contribution in [0.2, 0.25) is 0 Å². The van der Waals surface area contributed by atoms with Gasteiger partial charge >= 0.3 is 0 Å². The monoisotopic (exact) mass is 321 g/mol. The number of furan rings is 2. The normalized spacial score (nSPS) is 11.1. The number of carbonyl (C=O) groups is 1. The summed E-state index contributed by atoms with van der Waals surface area (Å²) in [5.74, 6) is 0.514. The minimum absolute atomic E-state index is 0.279. The molecule has 0 saturated carbocycles. The van der Waals surface area contributed by atoms with Gasteiger partial charge in [0, 0.05) is 22.4 Å². The van der Waals surface area contributed by atoms with Gasteiger partial charge in [-0.3, -0.25) is 4.79 Å². The number of aryl methyl sites for hydroxylation is 1. The summed E-state index contributed by atoms with van der Waals surface area (Å²) < 4.78 is 16.5. The fraction of sp³-hybridized carbons (Fsp3) is 0.105. The molecule has 5 heteroatoms. The molecule has 0 bridgehead atoms. The Hall–Kier alpha value is -3.21. The second-order valence-electron chi connectivity index (χ2n) is 5.53. The smallest absolute Gasteiger partial charge is 0.291 e. The lowest BCUT2D eigenvalue weighted by molar-refractivity contribution is 0.0995. The number of rotatable bonds is 3. The number of anilines is 1. The van der Waals surface area contributed by atoms with Gasteiger partial charge in [-0.15, -0.1) is 0 Å². The highest BCUT2D eigenvalue weighted by molar-refractivity contribution is 6.09. The number of hydrogen-bond acceptors (Lipinski definition) is 4. The number of benzene rings is 2. The van der Waals surface area contributed by atoms with E-state index in [1.54, 1.807) is 19.2 Å². The van der Waals surface area contributed by atoms with Crippen molar-refractivity contribution < 1.29 is 18.4 Å². The molecular formula is C19H15NO4. The van der Waals surface area contributed by atoms with E-state index in [4.69, 9.17) is 13.6 Å². The summed E-state index contributed by atoms with van der Waals surface area (Å²) in [6, 6.07) is 13.2. The lowest BCUT2D eigenvalue weighted by atomic mass is 10.1. The van der Waals surface area contributed by atoms with E-state index in [0.717, 1.165) is 21.9 Å². The zero-order valence-corrected chi connectivity index (χ0v) is 13.3. The Labute approximate surface area is 137 Å². The average molecular weight is 321 g/mol. The Morgan fingerprint density at radius 2 is 1.92 bits per heavy atom. The molecule has 0 aliphatic carbocycles. The molecule has 2 aromatic heterocycles. The first kappa shape index (κ1) is 14.4. The molecule has 0 atom stereocenters. The van der Waals surface area contributed by atoms with Gasteiger partial charge < -0.3 is 18.9 Å². The predicted octanol–water partition coefficient (Wildman–Crippen LogP) is 4.75. The van der Waals surface area contributed by atoms with Gasteiger partial charge in [0.05, 0.1) is 19.1 Å². The van der Waals surface area contributed by atoms with Crippen molar-refractivity contribution in [2.24, 2.45) is 0 Å². The van der Waals surface area contributed by atoms with E-state index in [2.05, 4.69) is 5.32 Å². The number of carbonyl (C=O) groups excluding carboxylic acids is 1. The van der Waals surface area contributed by atoms with Gasteiger partial charge in [-0.05, 0) is 25.1 Å². The van der Waals surface area contributed by atoms with Gasteiger partial charge in [-0.1, -0.05) is 18.2 Å². The van der Waals surface area contributed by atoms with Crippen LogP contribution in [0.4, 0.5) is 5.69 Å². The van der Waals surface area contributed by atoms with Crippen molar-refractivity contribution in [2.75, 3.05) is 12.4 Å². The maximum atomic E-state index is 12.4. The van der Waals surface area contributed by atoms with E-state index >= 15 is 0 Å². The zero-order valence-electron chi connectivity index (χ0n) is 13.3. The van der Waals surface area contributed by atoms with Crippen LogP contribution in [0.3, 0.4) is 0 Å². The minimum atomic E-state index is -0.328. The van der Waals surface area contributed by atoms with Crippen LogP contribution in [0.25, 0.3) is 21.9 Å². The largest absolute Gasteiger partial charge is 0.495 e. The van der Waals surface area contributed by atoms with Crippen LogP contribution in [-0.4, -0.2) is 13.0 Å². The minimum Gasteiger partial charge on any atom is -0.495 e. The van der Waals surface area contributed by atoms with Gasteiger partial charge in [-0.2, -0.15) is 0 Å². The Kier molecular flexibility index (Phi) is 3.27. The number of methoxy groups -OCH3 is 1. The van der Waals surface area contributed by atoms with E-state index in [1.165, 1.54) is 6.26 Å². The summed E-state index contributed by atoms with van der Waals surface area (Å²) in [4.78, 5) is 12.4. The van der Waals surface area contributed by atoms with Crippen LogP contribution in [0.5, 0.6) is 5.75 Å². The van der Waals surface area contributed by atoms with Crippen molar-refractivity contribution in [2.45, 2.75) is 6.92 Å². The molecule has 2 aromatic carbocycles. The summed E-state index contributed by atoms with van der Waals surface area (Å²) in [5, 5.41) is 4.77. The molecule has 5 nitrogen and oxygen atoms in total. The number of nitrogens with one attached hydrogen (secondary N) is 1. The van der Waals surface area contributed by atoms with Crippen molar-refractivity contribution in [3.8, 4) is 5.75 Å². The van der Waals surface area contributed by atoms with Gasteiger partial charge in [0.2, 0.25) is 0 Å². The summed E-state index contributed by atoms with van der Waals surface area (Å²) >= 11 is 0. The van der Waals surface area contributed by atoms with Gasteiger partial charge in [0.25, 0.3) is 5.91 Å². The second-order valence-corrected chi connectivity index (χ2v) is 5.53. The molecule has 4 aromatic rings. The third-order valence-electron chi connectivity index (χ3n) is 4.02. The summed E-state index contributed by atoms with van der Waals surface area (Å²) in [6.07, 6.45) is 1.49. The van der Waals surface area contributed by atoms with Gasteiger partial charge in [0.15, 0.2) is 5.76 Å². The van der Waals surface area contributed by atoms with Gasteiger partial charge in [-0.25, -0.2) is 0 Å². The van der Waals surface area contributed by atoms with E-state index < -0.39 is 0 Å². The van der Waals surface area contributed by atoms with Crippen molar-refractivity contribution in [1.29, 1.82) is 0 Å². The van der Waals surface area contributed by atoms with Crippen LogP contribution in [0, 0.1) is 6.92 Å². The molecule has 1 N–H and O–H groups in total. The molecule has 4 rings (SSSR count). The molecule has 1 amide bonds. The number of hydrogen-bond donors (Lipinski definition) is 1. The molecule has 0 fully saturated rings. The Morgan fingerprint density at radius 1 is 1.08 bits per heavy atom. The topological polar surface area (TPSA) is 64.6 Å². The Morgan fingerprint density at radius 3 is 2.67 bits per heavy atom. The number of fused-ring (bicyclic) bond motifs is 3. The van der Waals surface area contributed by atoms with Crippen molar-refractivity contribution >= 4 is 33.5 Å². The molecule has 0 spiro atoms. The maximum absolute atomic E-state index is 12.4. The first-order chi connectivity index (χ1) is 11.7. The maximum Gasteiger partial charge on any atom is 0.291 e. The lowest BCUT2D eigenvalue weighted by Crippen LogP contribution is -2.12. The van der Waals surface area contributed by atoms with E-state index in [-0.39, 0.29) is 11.7 Å². The van der Waals surface area contributed by atoms with E-state index in [9.17, 15) is 4.79 Å². The molecule has 0 aliphatic heterocycles. The highest BCUT2D eigenvalue weighted by Crippen LogP contribution is 2.36. The first-order valence-electron chi connectivity index (χ1n) is 7.52. The number of ether oxygens (including phenoxy) is 1. The summed E-state index contributed by atoms with van der Waals surface area (Å²) in [7, 11) is 1.57. The predicted molar refractivity (Wildman–Crippen MR) is 91.7 cm³/mol. The molecule has 0 saturated heterocycles. The van der Waals surface area contributed by atoms with Crippen LogP contribution >= 0.6 is 0 Å². The van der Waals surface area contributed by atoms with Crippen molar-refractivity contribution in [3.63, 3.8) is 0 Å². The standard InChI is InChI=1S/C19H15NO4/c1-11-7-8-23-18(11)19(21)20-14-10-16-13(9-17(14)22-2)12-5-3-4-6-15(12)24-16/h3-10H,1-2H3,(H,20,21). The van der Waals surface area contributed by atoms with E-state index in [1.807, 2.05) is 37.3 Å². The Balaban J connectivity index is 1.81. The second kappa shape index (κ2) is 5.45. The third-order valence-corrected chi connectivity index (χ3v) is 4.02. The van der Waals surface area contributed by atoms with Crippen LogP contribution < -0.4 is 10.1 Å². The first-order valence-corrected chi connectivity index (χ1v) is 7.52. The zero-order chi connectivity index (χ0) is 16.7. The summed E-state index contributed by atoms with van der Waals surface area (Å²) in [5.41, 5.74) is 2.78. The Bertz CT molecular complexity index is 1060. The number of para-hydroxylation sites is 1. The molecule has 0 aliphatic rings. The fourth-order valence-corrected chi connectivity index (χ4v) is 2.80. The molecule has 0 radical (unpaired) electrons. The fourth-order valence-electron chi connectivity index (χ4n) is 2.80. The van der Waals surface area contributed by atoms with Crippen LogP contribution in [-0.2, 0) is 0 Å². The van der Waals surface area contributed by atoms with Crippen molar-refractivity contribution in [3.05, 3.63) is 60.1 Å². The molecule has 120 valence electrons. The SMILES string of the molecule is COc1cc2c(cc1NC(=O)c1occc1C)oc1ccccc12. The van der Waals surface area contributed by atoms with Crippen molar-refractivity contribution in [1.82, 2.24) is 0 Å².